The van der Waals surface area contributed by atoms with E-state index in [2.05, 4.69) is 15.2 Å². The summed E-state index contributed by atoms with van der Waals surface area (Å²) in [5, 5.41) is 6.67. The van der Waals surface area contributed by atoms with Crippen molar-refractivity contribution in [2.75, 3.05) is 7.05 Å². The molecule has 0 bridgehead atoms. The van der Waals surface area contributed by atoms with Crippen molar-refractivity contribution in [1.29, 1.82) is 0 Å². The molecule has 1 aromatic heterocycles. The first-order chi connectivity index (χ1) is 9.53. The number of nitrogens with zero attached hydrogens (tertiary/aromatic N) is 1. The molecule has 0 aliphatic carbocycles. The zero-order valence-corrected chi connectivity index (χ0v) is 12.2. The van der Waals surface area contributed by atoms with E-state index in [9.17, 15) is 8.42 Å². The third kappa shape index (κ3) is 3.44. The van der Waals surface area contributed by atoms with Gasteiger partial charge in [0, 0.05) is 12.6 Å². The summed E-state index contributed by atoms with van der Waals surface area (Å²) >= 11 is 0. The maximum Gasteiger partial charge on any atom is 0.241 e. The lowest BCUT2D eigenvalue weighted by Gasteiger charge is -2.10. The van der Waals surface area contributed by atoms with Crippen molar-refractivity contribution in [2.45, 2.75) is 24.9 Å². The second-order valence-corrected chi connectivity index (χ2v) is 6.13. The highest BCUT2D eigenvalue weighted by atomic mass is 32.2. The van der Waals surface area contributed by atoms with Gasteiger partial charge >= 0.3 is 0 Å². The highest BCUT2D eigenvalue weighted by Gasteiger charge is 2.18. The second-order valence-electron chi connectivity index (χ2n) is 4.40. The van der Waals surface area contributed by atoms with E-state index in [0.29, 0.717) is 12.3 Å². The van der Waals surface area contributed by atoms with Gasteiger partial charge in [-0.15, -0.1) is 0 Å². The molecule has 0 aliphatic rings. The molecule has 0 saturated heterocycles. The molecule has 108 valence electrons. The number of aryl methyl sites for hydroxylation is 1. The first kappa shape index (κ1) is 14.7. The minimum absolute atomic E-state index is 0.0804. The summed E-state index contributed by atoms with van der Waals surface area (Å²) in [6, 6.07) is 8.57. The number of hydrogen-bond donors (Lipinski definition) is 2. The zero-order chi connectivity index (χ0) is 14.6. The fourth-order valence-corrected chi connectivity index (χ4v) is 3.08. The minimum Gasteiger partial charge on any atom is -0.360 e. The molecule has 1 aromatic carbocycles. The molecule has 0 fully saturated rings. The molecule has 7 heteroatoms. The molecular weight excluding hydrogens is 278 g/mol. The van der Waals surface area contributed by atoms with E-state index in [-0.39, 0.29) is 11.4 Å². The SMILES string of the molecule is CNCc1ccccc1S(=O)(=O)NCc1cc(C)no1. The van der Waals surface area contributed by atoms with E-state index in [1.54, 1.807) is 38.2 Å². The molecule has 0 saturated carbocycles. The topological polar surface area (TPSA) is 84.2 Å². The Morgan fingerprint density at radius 1 is 1.25 bits per heavy atom. The second kappa shape index (κ2) is 6.17. The number of benzene rings is 1. The Bertz CT molecular complexity index is 680. The van der Waals surface area contributed by atoms with Gasteiger partial charge in [0.05, 0.1) is 17.1 Å². The van der Waals surface area contributed by atoms with Gasteiger partial charge in [-0.25, -0.2) is 13.1 Å². The zero-order valence-electron chi connectivity index (χ0n) is 11.4. The van der Waals surface area contributed by atoms with Crippen LogP contribution in [0.5, 0.6) is 0 Å². The van der Waals surface area contributed by atoms with E-state index >= 15 is 0 Å². The van der Waals surface area contributed by atoms with Crippen LogP contribution in [0.4, 0.5) is 0 Å². The van der Waals surface area contributed by atoms with Crippen molar-refractivity contribution in [3.8, 4) is 0 Å². The minimum atomic E-state index is -3.58. The van der Waals surface area contributed by atoms with E-state index in [1.807, 2.05) is 6.07 Å². The summed E-state index contributed by atoms with van der Waals surface area (Å²) in [4.78, 5) is 0.269. The molecule has 2 aromatic rings. The maximum atomic E-state index is 12.3. The van der Waals surface area contributed by atoms with Crippen molar-refractivity contribution >= 4 is 10.0 Å². The van der Waals surface area contributed by atoms with Crippen LogP contribution in [-0.2, 0) is 23.1 Å². The molecule has 6 nitrogen and oxygen atoms in total. The normalized spacial score (nSPS) is 11.7. The highest BCUT2D eigenvalue weighted by Crippen LogP contribution is 2.15. The lowest BCUT2D eigenvalue weighted by atomic mass is 10.2. The number of rotatable bonds is 6. The molecule has 2 rings (SSSR count). The van der Waals surface area contributed by atoms with Gasteiger partial charge in [-0.1, -0.05) is 23.4 Å². The molecule has 0 spiro atoms. The van der Waals surface area contributed by atoms with Gasteiger partial charge in [-0.2, -0.15) is 0 Å². The van der Waals surface area contributed by atoms with Crippen LogP contribution in [0.2, 0.25) is 0 Å². The molecule has 0 atom stereocenters. The number of hydrogen-bond acceptors (Lipinski definition) is 5. The van der Waals surface area contributed by atoms with Crippen LogP contribution >= 0.6 is 0 Å². The van der Waals surface area contributed by atoms with Gasteiger partial charge < -0.3 is 9.84 Å². The number of sulfonamides is 1. The van der Waals surface area contributed by atoms with Gasteiger partial charge in [0.2, 0.25) is 10.0 Å². The summed E-state index contributed by atoms with van der Waals surface area (Å²) in [5.74, 6) is 0.483. The van der Waals surface area contributed by atoms with Gasteiger partial charge in [0.25, 0.3) is 0 Å². The van der Waals surface area contributed by atoms with Gasteiger partial charge in [0.15, 0.2) is 5.76 Å². The lowest BCUT2D eigenvalue weighted by molar-refractivity contribution is 0.377. The van der Waals surface area contributed by atoms with Gasteiger partial charge in [-0.05, 0) is 25.6 Å². The van der Waals surface area contributed by atoms with Crippen LogP contribution < -0.4 is 10.0 Å². The molecule has 2 N–H and O–H groups in total. The van der Waals surface area contributed by atoms with E-state index in [1.165, 1.54) is 0 Å². The van der Waals surface area contributed by atoms with Crippen LogP contribution in [0.3, 0.4) is 0 Å². The van der Waals surface area contributed by atoms with Crippen LogP contribution in [0.25, 0.3) is 0 Å². The maximum absolute atomic E-state index is 12.3. The molecule has 1 heterocycles. The standard InChI is InChI=1S/C13H17N3O3S/c1-10-7-12(19-16-10)9-15-20(17,18)13-6-4-3-5-11(13)8-14-2/h3-7,14-15H,8-9H2,1-2H3. The fourth-order valence-electron chi connectivity index (χ4n) is 1.85. The molecule has 0 radical (unpaired) electrons. The quantitative estimate of drug-likeness (QED) is 0.836. The molecule has 20 heavy (non-hydrogen) atoms. The smallest absolute Gasteiger partial charge is 0.241 e. The monoisotopic (exact) mass is 295 g/mol. The molecular formula is C13H17N3O3S. The molecule has 0 aliphatic heterocycles. The first-order valence-corrected chi connectivity index (χ1v) is 7.65. The Balaban J connectivity index is 2.18. The average molecular weight is 295 g/mol. The van der Waals surface area contributed by atoms with E-state index in [4.69, 9.17) is 4.52 Å². The lowest BCUT2D eigenvalue weighted by Crippen LogP contribution is -2.25. The Hall–Kier alpha value is -1.70. The molecule has 0 amide bonds. The summed E-state index contributed by atoms with van der Waals surface area (Å²) in [6.45, 7) is 2.35. The fraction of sp³-hybridized carbons (Fsp3) is 0.308. The molecule has 0 unspecified atom stereocenters. The third-order valence-electron chi connectivity index (χ3n) is 2.74. The van der Waals surface area contributed by atoms with Gasteiger partial charge in [0.1, 0.15) is 0 Å². The summed E-state index contributed by atoms with van der Waals surface area (Å²) in [6.07, 6.45) is 0. The number of aromatic nitrogens is 1. The van der Waals surface area contributed by atoms with Crippen LogP contribution in [0, 0.1) is 6.92 Å². The van der Waals surface area contributed by atoms with Crippen LogP contribution in [0.1, 0.15) is 17.0 Å². The van der Waals surface area contributed by atoms with E-state index in [0.717, 1.165) is 11.3 Å². The van der Waals surface area contributed by atoms with Crippen LogP contribution in [-0.4, -0.2) is 20.6 Å². The van der Waals surface area contributed by atoms with Crippen molar-refractivity contribution in [1.82, 2.24) is 15.2 Å². The van der Waals surface area contributed by atoms with Crippen molar-refractivity contribution < 1.29 is 12.9 Å². The Labute approximate surface area is 118 Å². The van der Waals surface area contributed by atoms with Crippen molar-refractivity contribution in [2.24, 2.45) is 0 Å². The summed E-state index contributed by atoms with van der Waals surface area (Å²) in [5.41, 5.74) is 1.44. The van der Waals surface area contributed by atoms with Gasteiger partial charge in [-0.3, -0.25) is 0 Å². The van der Waals surface area contributed by atoms with Crippen molar-refractivity contribution in [3.63, 3.8) is 0 Å². The Morgan fingerprint density at radius 2 is 2.00 bits per heavy atom. The predicted molar refractivity (Wildman–Crippen MR) is 74.5 cm³/mol. The van der Waals surface area contributed by atoms with E-state index < -0.39 is 10.0 Å². The highest BCUT2D eigenvalue weighted by molar-refractivity contribution is 7.89. The number of nitrogens with one attached hydrogen (secondary N) is 2. The summed E-state index contributed by atoms with van der Waals surface area (Å²) in [7, 11) is -1.81. The first-order valence-electron chi connectivity index (χ1n) is 6.17. The Morgan fingerprint density at radius 3 is 2.65 bits per heavy atom. The predicted octanol–water partition coefficient (Wildman–Crippen LogP) is 1.18. The summed E-state index contributed by atoms with van der Waals surface area (Å²) < 4.78 is 32.1. The third-order valence-corrected chi connectivity index (χ3v) is 4.24. The average Bonchev–Trinajstić information content (AvgIpc) is 2.83. The largest absolute Gasteiger partial charge is 0.360 e. The Kier molecular flexibility index (Phi) is 4.53. The van der Waals surface area contributed by atoms with Crippen molar-refractivity contribution in [3.05, 3.63) is 47.3 Å². The van der Waals surface area contributed by atoms with Crippen LogP contribution in [0.15, 0.2) is 39.8 Å².